The first-order valence-corrected chi connectivity index (χ1v) is 14.8. The van der Waals surface area contributed by atoms with Crippen LogP contribution in [0.3, 0.4) is 0 Å². The number of nitrogens with one attached hydrogen (secondary N) is 2. The van der Waals surface area contributed by atoms with Crippen molar-refractivity contribution in [3.8, 4) is 0 Å². The minimum atomic E-state index is -0.954. The Morgan fingerprint density at radius 3 is 1.52 bits per heavy atom. The van der Waals surface area contributed by atoms with Crippen molar-refractivity contribution >= 4 is 97.7 Å². The van der Waals surface area contributed by atoms with Crippen LogP contribution in [0, 0.1) is 5.92 Å². The van der Waals surface area contributed by atoms with E-state index in [-0.39, 0.29) is 80.1 Å². The first-order valence-electron chi connectivity index (χ1n) is 11.7. The minimum Gasteiger partial charge on any atom is -0.481 e. The van der Waals surface area contributed by atoms with Gasteiger partial charge in [-0.05, 0) is 5.92 Å². The normalized spacial score (nSPS) is 17.3. The Hall–Kier alpha value is -1.53. The van der Waals surface area contributed by atoms with Crippen LogP contribution in [0.1, 0.15) is 19.8 Å². The Bertz CT molecular complexity index is 750. The second-order valence-electron chi connectivity index (χ2n) is 8.32. The number of halogens is 1. The Morgan fingerprint density at radius 2 is 1.20 bits per heavy atom. The molecule has 4 amide bonds. The van der Waals surface area contributed by atoms with Gasteiger partial charge in [0.25, 0.3) is 0 Å². The Labute approximate surface area is 261 Å². The first kappa shape index (κ1) is 42.9. The van der Waals surface area contributed by atoms with Gasteiger partial charge in [-0.3, -0.25) is 28.8 Å². The molecule has 0 aromatic rings. The summed E-state index contributed by atoms with van der Waals surface area (Å²) >= 11 is 6.72. The van der Waals surface area contributed by atoms with Crippen LogP contribution in [0.2, 0.25) is 0 Å². The molecule has 0 aromatic carbocycles. The predicted octanol–water partition coefficient (Wildman–Crippen LogP) is -0.617. The molecule has 2 saturated heterocycles. The van der Waals surface area contributed by atoms with E-state index in [9.17, 15) is 33.9 Å². The van der Waals surface area contributed by atoms with Crippen molar-refractivity contribution in [3.63, 3.8) is 0 Å². The van der Waals surface area contributed by atoms with E-state index in [0.717, 1.165) is 30.1 Å². The molecule has 0 radical (unpaired) electrons. The topological polar surface area (TPSA) is 194 Å². The van der Waals surface area contributed by atoms with E-state index >= 15 is 0 Å². The lowest BCUT2D eigenvalue weighted by atomic mass is 10.2. The van der Waals surface area contributed by atoms with E-state index < -0.39 is 18.0 Å². The molecule has 0 aliphatic carbocycles. The molecule has 0 bridgehead atoms. The van der Waals surface area contributed by atoms with Gasteiger partial charge in [-0.25, -0.2) is 0 Å². The largest absolute Gasteiger partial charge is 0.481 e. The van der Waals surface area contributed by atoms with E-state index in [1.54, 1.807) is 4.90 Å². The zero-order valence-electron chi connectivity index (χ0n) is 22.5. The lowest BCUT2D eigenvalue weighted by Gasteiger charge is -2.16. The number of carbonyl (C=O) groups is 6. The fourth-order valence-corrected chi connectivity index (χ4v) is 4.51. The maximum atomic E-state index is 11.5. The number of nitrogens with zero attached hydrogens (tertiary/aromatic N) is 2. The monoisotopic (exact) mass is 668 g/mol. The molecule has 234 valence electrons. The van der Waals surface area contributed by atoms with Crippen molar-refractivity contribution in [1.82, 2.24) is 20.4 Å². The third-order valence-electron chi connectivity index (χ3n) is 4.93. The molecule has 0 aromatic heterocycles. The van der Waals surface area contributed by atoms with Crippen molar-refractivity contribution < 1.29 is 44.1 Å². The third-order valence-corrected chi connectivity index (χ3v) is 6.76. The molecule has 13 nitrogen and oxygen atoms in total. The van der Waals surface area contributed by atoms with Crippen LogP contribution in [0.4, 0.5) is 0 Å². The van der Waals surface area contributed by atoms with Crippen molar-refractivity contribution in [3.05, 3.63) is 0 Å². The highest BCUT2D eigenvalue weighted by Crippen LogP contribution is 2.15. The average Bonchev–Trinajstić information content (AvgIpc) is 3.33. The SMILES string of the molecule is CCl.C[C@H]1CC(=O)N(CCNC(=O)CSCC(=O)O)C1.O=C(O)CSCC(=O)NCCN1C[C@@H](O)CC1=O.S.S. The molecule has 2 fully saturated rings. The van der Waals surface area contributed by atoms with Gasteiger partial charge in [-0.1, -0.05) is 6.92 Å². The molecule has 5 N–H and O–H groups in total. The number of alkyl halides is 1. The van der Waals surface area contributed by atoms with Gasteiger partial charge in [0.1, 0.15) is 0 Å². The summed E-state index contributed by atoms with van der Waals surface area (Å²) in [4.78, 5) is 69.0. The summed E-state index contributed by atoms with van der Waals surface area (Å²) in [6.07, 6.45) is 1.59. The fourth-order valence-electron chi connectivity index (χ4n) is 3.38. The van der Waals surface area contributed by atoms with Crippen molar-refractivity contribution in [2.45, 2.75) is 25.9 Å². The van der Waals surface area contributed by atoms with Gasteiger partial charge in [0.05, 0.1) is 35.5 Å². The number of thioether (sulfide) groups is 2. The van der Waals surface area contributed by atoms with E-state index in [2.05, 4.69) is 22.2 Å². The van der Waals surface area contributed by atoms with Gasteiger partial charge in [-0.2, -0.15) is 27.0 Å². The maximum absolute atomic E-state index is 11.5. The number of β-amino-alcohol motifs (C(OH)–C–C–N with tert-alkyl or cyclic N) is 1. The number of aliphatic hydroxyl groups is 1. The number of hydrogen-bond donors (Lipinski definition) is 5. The Kier molecular flexibility index (Phi) is 27.0. The highest BCUT2D eigenvalue weighted by molar-refractivity contribution is 8.00. The summed E-state index contributed by atoms with van der Waals surface area (Å²) < 4.78 is 0. The molecule has 2 atom stereocenters. The zero-order valence-corrected chi connectivity index (χ0v) is 26.9. The van der Waals surface area contributed by atoms with Crippen molar-refractivity contribution in [1.29, 1.82) is 0 Å². The molecular formula is C22H41ClN4O9S4. The summed E-state index contributed by atoms with van der Waals surface area (Å²) in [5.74, 6) is -1.88. The molecule has 0 unspecified atom stereocenters. The van der Waals surface area contributed by atoms with Crippen molar-refractivity contribution in [2.24, 2.45) is 5.92 Å². The van der Waals surface area contributed by atoms with Crippen LogP contribution in [0.5, 0.6) is 0 Å². The molecule has 40 heavy (non-hydrogen) atoms. The summed E-state index contributed by atoms with van der Waals surface area (Å²) in [7, 11) is 0. The molecular weight excluding hydrogens is 628 g/mol. The third kappa shape index (κ3) is 21.2. The van der Waals surface area contributed by atoms with Crippen LogP contribution in [-0.2, 0) is 28.8 Å². The maximum Gasteiger partial charge on any atom is 0.313 e. The van der Waals surface area contributed by atoms with Gasteiger partial charge in [-0.15, -0.1) is 35.1 Å². The highest BCUT2D eigenvalue weighted by Gasteiger charge is 2.27. The summed E-state index contributed by atoms with van der Waals surface area (Å²) in [6.45, 7) is 4.71. The van der Waals surface area contributed by atoms with Crippen LogP contribution in [0.15, 0.2) is 0 Å². The number of carbonyl (C=O) groups excluding carboxylic acids is 4. The second-order valence-corrected chi connectivity index (χ2v) is 10.3. The van der Waals surface area contributed by atoms with Gasteiger partial charge in [0, 0.05) is 52.1 Å². The molecule has 2 aliphatic rings. The molecule has 2 aliphatic heterocycles. The Morgan fingerprint density at radius 1 is 0.800 bits per heavy atom. The summed E-state index contributed by atoms with van der Waals surface area (Å²) in [6, 6.07) is 0. The molecule has 2 rings (SSSR count). The molecule has 0 saturated carbocycles. The fraction of sp³-hybridized carbons (Fsp3) is 0.727. The number of likely N-dealkylation sites (tertiary alicyclic amines) is 2. The molecule has 18 heteroatoms. The van der Waals surface area contributed by atoms with Gasteiger partial charge in [0.2, 0.25) is 23.6 Å². The summed E-state index contributed by atoms with van der Waals surface area (Å²) in [5, 5.41) is 31.3. The number of carboxylic acids is 2. The number of rotatable bonds is 14. The van der Waals surface area contributed by atoms with Crippen molar-refractivity contribution in [2.75, 3.05) is 68.7 Å². The second kappa shape index (κ2) is 25.2. The number of aliphatic hydroxyl groups excluding tert-OH is 1. The lowest BCUT2D eigenvalue weighted by molar-refractivity contribution is -0.135. The van der Waals surface area contributed by atoms with E-state index in [0.29, 0.717) is 45.1 Å². The molecule has 0 spiro atoms. The Balaban J connectivity index is -0.000000615. The predicted molar refractivity (Wildman–Crippen MR) is 166 cm³/mol. The van der Waals surface area contributed by atoms with Crippen LogP contribution in [0.25, 0.3) is 0 Å². The first-order chi connectivity index (χ1) is 18.0. The van der Waals surface area contributed by atoms with E-state index in [4.69, 9.17) is 10.2 Å². The quantitative estimate of drug-likeness (QED) is 0.148. The number of carboxylic acid groups (broad SMARTS) is 2. The summed E-state index contributed by atoms with van der Waals surface area (Å²) in [5.41, 5.74) is 0. The van der Waals surface area contributed by atoms with Gasteiger partial charge < -0.3 is 35.8 Å². The van der Waals surface area contributed by atoms with Crippen LogP contribution in [-0.4, -0.2) is 135 Å². The zero-order chi connectivity index (χ0) is 29.1. The van der Waals surface area contributed by atoms with Gasteiger partial charge >= 0.3 is 11.9 Å². The number of hydrogen-bond acceptors (Lipinski definition) is 9. The highest BCUT2D eigenvalue weighted by atomic mass is 35.5. The average molecular weight is 669 g/mol. The smallest absolute Gasteiger partial charge is 0.313 e. The number of aliphatic carboxylic acids is 2. The van der Waals surface area contributed by atoms with E-state index in [1.807, 2.05) is 6.92 Å². The standard InChI is InChI=1S/C11H18N2O4S.C10H16N2O5S.CH3Cl.2H2S/c1-8-4-10(15)13(5-8)3-2-12-9(14)6-18-7-11(16)17;13-7-3-9(15)12(4-7)2-1-11-8(14)5-18-6-10(16)17;1-2;;/h8H,2-7H2,1H3,(H,12,14)(H,16,17);7,13H,1-6H2,(H,11,14)(H,16,17);1H3;2*1H2/t8-;7-;;;/m00.../s1. The van der Waals surface area contributed by atoms with Gasteiger partial charge in [0.15, 0.2) is 0 Å². The lowest BCUT2D eigenvalue weighted by Crippen LogP contribution is -2.36. The molecule has 2 heterocycles. The van der Waals surface area contributed by atoms with Crippen LogP contribution < -0.4 is 10.6 Å². The minimum absolute atomic E-state index is 0. The van der Waals surface area contributed by atoms with E-state index in [1.165, 1.54) is 11.3 Å². The van der Waals surface area contributed by atoms with Crippen LogP contribution >= 0.6 is 62.1 Å². The number of amides is 4.